The zero-order valence-corrected chi connectivity index (χ0v) is 12.7. The first-order valence-corrected chi connectivity index (χ1v) is 7.52. The molecule has 0 N–H and O–H groups in total. The number of carbonyl (C=O) groups excluding carboxylic acids is 1. The molecule has 2 fully saturated rings. The third-order valence-corrected chi connectivity index (χ3v) is 4.40. The fourth-order valence-electron chi connectivity index (χ4n) is 3.01. The van der Waals surface area contributed by atoms with Crippen LogP contribution in [0.25, 0.3) is 0 Å². The van der Waals surface area contributed by atoms with Crippen molar-refractivity contribution >= 4 is 5.91 Å². The molecule has 0 aromatic carbocycles. The van der Waals surface area contributed by atoms with Crippen LogP contribution < -0.4 is 0 Å². The van der Waals surface area contributed by atoms with Gasteiger partial charge in [0, 0.05) is 33.1 Å². The quantitative estimate of drug-likeness (QED) is 0.806. The number of morpholine rings is 1. The van der Waals surface area contributed by atoms with Gasteiger partial charge < -0.3 is 14.2 Å². The summed E-state index contributed by atoms with van der Waals surface area (Å²) in [5.74, 6) is 1.51. The lowest BCUT2D eigenvalue weighted by Crippen LogP contribution is -2.57. The van der Waals surface area contributed by atoms with Gasteiger partial charge in [0.25, 0.3) is 0 Å². The number of likely N-dealkylation sites (tertiary alicyclic amines) is 1. The number of ether oxygens (including phenoxy) is 1. The van der Waals surface area contributed by atoms with Crippen LogP contribution in [0, 0.1) is 0 Å². The fourth-order valence-corrected chi connectivity index (χ4v) is 3.01. The molecule has 3 heterocycles. The van der Waals surface area contributed by atoms with Gasteiger partial charge in [0.05, 0.1) is 12.1 Å². The van der Waals surface area contributed by atoms with Gasteiger partial charge in [-0.2, -0.15) is 4.98 Å². The van der Waals surface area contributed by atoms with E-state index in [2.05, 4.69) is 15.0 Å². The Morgan fingerprint density at radius 3 is 2.71 bits per heavy atom. The first-order valence-electron chi connectivity index (χ1n) is 7.52. The summed E-state index contributed by atoms with van der Waals surface area (Å²) in [5, 5.41) is 4.00. The zero-order valence-electron chi connectivity index (χ0n) is 12.7. The van der Waals surface area contributed by atoms with Gasteiger partial charge in [-0.3, -0.25) is 9.69 Å². The van der Waals surface area contributed by atoms with Gasteiger partial charge in [-0.05, 0) is 12.8 Å². The van der Waals surface area contributed by atoms with Crippen molar-refractivity contribution in [2.45, 2.75) is 38.3 Å². The van der Waals surface area contributed by atoms with Gasteiger partial charge in [-0.1, -0.05) is 12.1 Å². The number of rotatable bonds is 3. The minimum absolute atomic E-state index is 0.0712. The highest BCUT2D eigenvalue weighted by Gasteiger charge is 2.41. The Balaban J connectivity index is 1.54. The van der Waals surface area contributed by atoms with E-state index in [0.717, 1.165) is 38.2 Å². The highest BCUT2D eigenvalue weighted by Crippen LogP contribution is 2.30. The van der Waals surface area contributed by atoms with Crippen LogP contribution in [0.4, 0.5) is 0 Å². The maximum Gasteiger partial charge on any atom is 0.248 e. The van der Waals surface area contributed by atoms with Crippen LogP contribution in [0.5, 0.6) is 0 Å². The minimum atomic E-state index is -0.162. The number of amides is 1. The predicted molar refractivity (Wildman–Crippen MR) is 74.5 cm³/mol. The van der Waals surface area contributed by atoms with Crippen LogP contribution in [0.15, 0.2) is 4.52 Å². The Bertz CT molecular complexity index is 508. The molecule has 2 aliphatic rings. The molecule has 1 spiro atoms. The van der Waals surface area contributed by atoms with E-state index in [-0.39, 0.29) is 18.1 Å². The van der Waals surface area contributed by atoms with Crippen molar-refractivity contribution in [3.8, 4) is 0 Å². The van der Waals surface area contributed by atoms with Crippen molar-refractivity contribution in [1.82, 2.24) is 19.9 Å². The van der Waals surface area contributed by atoms with E-state index in [9.17, 15) is 4.79 Å². The summed E-state index contributed by atoms with van der Waals surface area (Å²) < 4.78 is 11.0. The molecule has 0 radical (unpaired) electrons. The average molecular weight is 294 g/mol. The molecule has 0 saturated carbocycles. The number of aromatic nitrogens is 2. The lowest BCUT2D eigenvalue weighted by atomic mass is 9.89. The second-order valence-electron chi connectivity index (χ2n) is 5.96. The van der Waals surface area contributed by atoms with Crippen molar-refractivity contribution in [1.29, 1.82) is 0 Å². The molecule has 1 amide bonds. The van der Waals surface area contributed by atoms with Crippen LogP contribution in [0.3, 0.4) is 0 Å². The van der Waals surface area contributed by atoms with Gasteiger partial charge in [-0.15, -0.1) is 0 Å². The zero-order chi connectivity index (χ0) is 14.9. The Morgan fingerprint density at radius 1 is 1.33 bits per heavy atom. The standard InChI is InChI=1S/C14H22N4O3/c1-3-12-15-11(16-21-12)8-18-6-4-14(5-7-18)10-17(2)13(19)9-20-14/h3-10H2,1-2H3. The normalized spacial score (nSPS) is 23.0. The van der Waals surface area contributed by atoms with Crippen LogP contribution in [0.2, 0.25) is 0 Å². The summed E-state index contributed by atoms with van der Waals surface area (Å²) in [6, 6.07) is 0. The molecule has 1 aromatic heterocycles. The number of hydrogen-bond donors (Lipinski definition) is 0. The molecular weight excluding hydrogens is 272 g/mol. The van der Waals surface area contributed by atoms with Crippen LogP contribution in [-0.2, 0) is 22.5 Å². The molecule has 116 valence electrons. The van der Waals surface area contributed by atoms with Crippen molar-refractivity contribution < 1.29 is 14.1 Å². The third kappa shape index (κ3) is 3.08. The maximum atomic E-state index is 11.5. The van der Waals surface area contributed by atoms with E-state index >= 15 is 0 Å². The van der Waals surface area contributed by atoms with Crippen LogP contribution in [0.1, 0.15) is 31.5 Å². The summed E-state index contributed by atoms with van der Waals surface area (Å²) >= 11 is 0. The number of likely N-dealkylation sites (N-methyl/N-ethyl adjacent to an activating group) is 1. The largest absolute Gasteiger partial charge is 0.363 e. The third-order valence-electron chi connectivity index (χ3n) is 4.40. The SMILES string of the molecule is CCc1nc(CN2CCC3(CC2)CN(C)C(=O)CO3)no1. The molecule has 0 bridgehead atoms. The minimum Gasteiger partial charge on any atom is -0.363 e. The topological polar surface area (TPSA) is 71.7 Å². The summed E-state index contributed by atoms with van der Waals surface area (Å²) in [7, 11) is 1.85. The first kappa shape index (κ1) is 14.5. The Morgan fingerprint density at radius 2 is 2.10 bits per heavy atom. The number of hydrogen-bond acceptors (Lipinski definition) is 6. The molecular formula is C14H22N4O3. The van der Waals surface area contributed by atoms with E-state index < -0.39 is 0 Å². The lowest BCUT2D eigenvalue weighted by Gasteiger charge is -2.46. The highest BCUT2D eigenvalue weighted by atomic mass is 16.5. The van der Waals surface area contributed by atoms with Crippen LogP contribution in [-0.4, -0.2) is 64.7 Å². The van der Waals surface area contributed by atoms with E-state index in [1.54, 1.807) is 4.90 Å². The molecule has 2 aliphatic heterocycles. The summed E-state index contributed by atoms with van der Waals surface area (Å²) in [4.78, 5) is 20.0. The maximum absolute atomic E-state index is 11.5. The number of piperidine rings is 1. The van der Waals surface area contributed by atoms with E-state index in [1.165, 1.54) is 0 Å². The molecule has 3 rings (SSSR count). The monoisotopic (exact) mass is 294 g/mol. The van der Waals surface area contributed by atoms with Gasteiger partial charge in [-0.25, -0.2) is 0 Å². The summed E-state index contributed by atoms with van der Waals surface area (Å²) in [6.45, 7) is 5.48. The van der Waals surface area contributed by atoms with Gasteiger partial charge in [0.1, 0.15) is 6.61 Å². The summed E-state index contributed by atoms with van der Waals surface area (Å²) in [5.41, 5.74) is -0.162. The van der Waals surface area contributed by atoms with E-state index in [0.29, 0.717) is 19.0 Å². The second kappa shape index (κ2) is 5.73. The highest BCUT2D eigenvalue weighted by molar-refractivity contribution is 5.78. The van der Waals surface area contributed by atoms with Gasteiger partial charge >= 0.3 is 0 Å². The molecule has 0 aliphatic carbocycles. The van der Waals surface area contributed by atoms with Crippen molar-refractivity contribution in [2.75, 3.05) is 33.3 Å². The molecule has 7 nitrogen and oxygen atoms in total. The molecule has 21 heavy (non-hydrogen) atoms. The van der Waals surface area contributed by atoms with Crippen molar-refractivity contribution in [3.63, 3.8) is 0 Å². The van der Waals surface area contributed by atoms with E-state index in [1.807, 2.05) is 14.0 Å². The Kier molecular flexibility index (Phi) is 3.95. The van der Waals surface area contributed by atoms with E-state index in [4.69, 9.17) is 9.26 Å². The van der Waals surface area contributed by atoms with Gasteiger partial charge in [0.15, 0.2) is 5.82 Å². The molecule has 7 heteroatoms. The molecule has 1 aromatic rings. The van der Waals surface area contributed by atoms with Crippen LogP contribution >= 0.6 is 0 Å². The number of carbonyl (C=O) groups is 1. The summed E-state index contributed by atoms with van der Waals surface area (Å²) in [6.07, 6.45) is 2.64. The number of nitrogens with zero attached hydrogens (tertiary/aromatic N) is 4. The van der Waals surface area contributed by atoms with Crippen molar-refractivity contribution in [2.24, 2.45) is 0 Å². The molecule has 0 unspecified atom stereocenters. The molecule has 2 saturated heterocycles. The Labute approximate surface area is 124 Å². The predicted octanol–water partition coefficient (Wildman–Crippen LogP) is 0.455. The first-order chi connectivity index (χ1) is 10.1. The van der Waals surface area contributed by atoms with Gasteiger partial charge in [0.2, 0.25) is 11.8 Å². The fraction of sp³-hybridized carbons (Fsp3) is 0.786. The average Bonchev–Trinajstić information content (AvgIpc) is 2.94. The van der Waals surface area contributed by atoms with Crippen molar-refractivity contribution in [3.05, 3.63) is 11.7 Å². The molecule has 0 atom stereocenters. The number of aryl methyl sites for hydroxylation is 1. The smallest absolute Gasteiger partial charge is 0.248 e. The Hall–Kier alpha value is -1.47. The lowest BCUT2D eigenvalue weighted by molar-refractivity contribution is -0.169. The second-order valence-corrected chi connectivity index (χ2v) is 5.96.